The maximum Gasteiger partial charge on any atom is 0.189 e. The Balaban J connectivity index is 1.82. The van der Waals surface area contributed by atoms with Gasteiger partial charge in [-0.2, -0.15) is 0 Å². The molecule has 3 rings (SSSR count). The third-order valence-electron chi connectivity index (χ3n) is 4.41. The molecule has 126 valence electrons. The molecule has 2 aromatic rings. The van der Waals surface area contributed by atoms with E-state index in [0.29, 0.717) is 12.5 Å². The van der Waals surface area contributed by atoms with Gasteiger partial charge >= 0.3 is 0 Å². The molecule has 1 unspecified atom stereocenters. The van der Waals surface area contributed by atoms with Crippen molar-refractivity contribution in [3.05, 3.63) is 42.1 Å². The number of pyridine rings is 1. The lowest BCUT2D eigenvalue weighted by Crippen LogP contribution is -2.39. The molecule has 24 heavy (non-hydrogen) atoms. The van der Waals surface area contributed by atoms with Crippen molar-refractivity contribution in [2.24, 2.45) is 11.7 Å². The predicted octanol–water partition coefficient (Wildman–Crippen LogP) is 1.05. The average Bonchev–Trinajstić information content (AvgIpc) is 2.62. The van der Waals surface area contributed by atoms with Crippen molar-refractivity contribution >= 4 is 17.3 Å². The molecule has 0 bridgehead atoms. The molecule has 4 N–H and O–H groups in total. The number of carbonyl (C=O) groups excluding carboxylic acids is 1. The number of aromatic nitrogens is 3. The van der Waals surface area contributed by atoms with E-state index < -0.39 is 0 Å². The molecule has 0 amide bonds. The minimum Gasteiger partial charge on any atom is -0.382 e. The van der Waals surface area contributed by atoms with Gasteiger partial charge in [0.15, 0.2) is 11.6 Å². The van der Waals surface area contributed by atoms with E-state index >= 15 is 0 Å². The third kappa shape index (κ3) is 3.51. The van der Waals surface area contributed by atoms with Crippen LogP contribution in [0.2, 0.25) is 0 Å². The molecule has 2 aromatic heterocycles. The fourth-order valence-corrected chi connectivity index (χ4v) is 3.16. The van der Waals surface area contributed by atoms with Gasteiger partial charge in [0, 0.05) is 55.5 Å². The van der Waals surface area contributed by atoms with Crippen molar-refractivity contribution in [1.82, 2.24) is 15.0 Å². The summed E-state index contributed by atoms with van der Waals surface area (Å²) in [5.74, 6) is 0.502. The SMILES string of the molecule is NCC1CCCN(c2ccncc2CC(=O)c2nccnc2N)C1. The van der Waals surface area contributed by atoms with Crippen molar-refractivity contribution in [2.45, 2.75) is 19.3 Å². The van der Waals surface area contributed by atoms with E-state index in [1.165, 1.54) is 12.4 Å². The van der Waals surface area contributed by atoms with E-state index in [1.54, 1.807) is 12.4 Å². The molecule has 1 fully saturated rings. The number of piperidine rings is 1. The summed E-state index contributed by atoms with van der Waals surface area (Å²) in [4.78, 5) is 27.0. The van der Waals surface area contributed by atoms with Crippen LogP contribution < -0.4 is 16.4 Å². The van der Waals surface area contributed by atoms with Crippen LogP contribution in [-0.4, -0.2) is 40.4 Å². The minimum atomic E-state index is -0.151. The Morgan fingerprint density at radius 1 is 1.29 bits per heavy atom. The maximum atomic E-state index is 12.5. The van der Waals surface area contributed by atoms with Gasteiger partial charge in [-0.25, -0.2) is 9.97 Å². The molecule has 0 spiro atoms. The Labute approximate surface area is 141 Å². The molecule has 3 heterocycles. The number of hydrogen-bond acceptors (Lipinski definition) is 7. The number of ketones is 1. The van der Waals surface area contributed by atoms with Crippen LogP contribution in [0.25, 0.3) is 0 Å². The van der Waals surface area contributed by atoms with Crippen LogP contribution in [0.4, 0.5) is 11.5 Å². The topological polar surface area (TPSA) is 111 Å². The molecule has 0 aliphatic carbocycles. The highest BCUT2D eigenvalue weighted by molar-refractivity contribution is 5.99. The number of hydrogen-bond donors (Lipinski definition) is 2. The van der Waals surface area contributed by atoms with Crippen molar-refractivity contribution < 1.29 is 4.79 Å². The van der Waals surface area contributed by atoms with Crippen LogP contribution in [0.15, 0.2) is 30.9 Å². The lowest BCUT2D eigenvalue weighted by molar-refractivity contribution is 0.0989. The van der Waals surface area contributed by atoms with E-state index in [1.807, 2.05) is 6.07 Å². The second kappa shape index (κ2) is 7.35. The van der Waals surface area contributed by atoms with E-state index in [4.69, 9.17) is 11.5 Å². The zero-order valence-electron chi connectivity index (χ0n) is 13.6. The van der Waals surface area contributed by atoms with Crippen molar-refractivity contribution in [1.29, 1.82) is 0 Å². The van der Waals surface area contributed by atoms with E-state index in [9.17, 15) is 4.79 Å². The summed E-state index contributed by atoms with van der Waals surface area (Å²) in [5, 5.41) is 0. The quantitative estimate of drug-likeness (QED) is 0.790. The molecule has 0 radical (unpaired) electrons. The summed E-state index contributed by atoms with van der Waals surface area (Å²) in [6, 6.07) is 1.96. The molecular weight excluding hydrogens is 304 g/mol. The molecule has 1 saturated heterocycles. The number of carbonyl (C=O) groups is 1. The fourth-order valence-electron chi connectivity index (χ4n) is 3.16. The van der Waals surface area contributed by atoms with Gasteiger partial charge in [-0.3, -0.25) is 9.78 Å². The standard InChI is InChI=1S/C17H22N6O/c18-9-12-2-1-7-23(11-12)14-3-4-20-10-13(14)8-15(24)16-17(19)22-6-5-21-16/h3-6,10,12H,1-2,7-9,11,18H2,(H2,19,22). The molecule has 7 heteroatoms. The summed E-state index contributed by atoms with van der Waals surface area (Å²) in [5.41, 5.74) is 13.7. The normalized spacial score (nSPS) is 17.7. The van der Waals surface area contributed by atoms with Crippen LogP contribution in [0.5, 0.6) is 0 Å². The first-order valence-corrected chi connectivity index (χ1v) is 8.16. The van der Waals surface area contributed by atoms with Crippen LogP contribution in [0.3, 0.4) is 0 Å². The second-order valence-corrected chi connectivity index (χ2v) is 6.08. The zero-order chi connectivity index (χ0) is 16.9. The molecular formula is C17H22N6O. The van der Waals surface area contributed by atoms with Crippen molar-refractivity contribution in [3.8, 4) is 0 Å². The number of nitrogen functional groups attached to an aromatic ring is 1. The molecule has 1 aliphatic rings. The number of rotatable bonds is 5. The highest BCUT2D eigenvalue weighted by atomic mass is 16.1. The van der Waals surface area contributed by atoms with Crippen molar-refractivity contribution in [3.63, 3.8) is 0 Å². The molecule has 0 aromatic carbocycles. The lowest BCUT2D eigenvalue weighted by Gasteiger charge is -2.35. The highest BCUT2D eigenvalue weighted by Crippen LogP contribution is 2.26. The van der Waals surface area contributed by atoms with Gasteiger partial charge in [-0.1, -0.05) is 0 Å². The predicted molar refractivity (Wildman–Crippen MR) is 92.7 cm³/mol. The number of anilines is 2. The summed E-state index contributed by atoms with van der Waals surface area (Å²) in [6.45, 7) is 2.57. The number of nitrogens with two attached hydrogens (primary N) is 2. The van der Waals surface area contributed by atoms with Gasteiger partial charge in [0.2, 0.25) is 0 Å². The first kappa shape index (κ1) is 16.3. The van der Waals surface area contributed by atoms with Gasteiger partial charge in [-0.15, -0.1) is 0 Å². The average molecular weight is 326 g/mol. The maximum absolute atomic E-state index is 12.5. The summed E-state index contributed by atoms with van der Waals surface area (Å²) in [6.07, 6.45) is 8.91. The van der Waals surface area contributed by atoms with E-state index in [-0.39, 0.29) is 23.7 Å². The van der Waals surface area contributed by atoms with Gasteiger partial charge in [0.25, 0.3) is 0 Å². The smallest absolute Gasteiger partial charge is 0.189 e. The Morgan fingerprint density at radius 2 is 2.12 bits per heavy atom. The Kier molecular flexibility index (Phi) is 5.00. The lowest BCUT2D eigenvalue weighted by atomic mass is 9.96. The minimum absolute atomic E-state index is 0.151. The van der Waals surface area contributed by atoms with Gasteiger partial charge in [0.1, 0.15) is 5.69 Å². The molecule has 1 atom stereocenters. The fraction of sp³-hybridized carbons (Fsp3) is 0.412. The van der Waals surface area contributed by atoms with Crippen molar-refractivity contribution in [2.75, 3.05) is 30.3 Å². The number of Topliss-reactive ketones (excluding diaryl/α,β-unsaturated/α-hetero) is 1. The van der Waals surface area contributed by atoms with E-state index in [0.717, 1.165) is 37.2 Å². The largest absolute Gasteiger partial charge is 0.382 e. The highest BCUT2D eigenvalue weighted by Gasteiger charge is 2.22. The first-order valence-electron chi connectivity index (χ1n) is 8.16. The van der Waals surface area contributed by atoms with Gasteiger partial charge < -0.3 is 16.4 Å². The van der Waals surface area contributed by atoms with Gasteiger partial charge in [0.05, 0.1) is 0 Å². The van der Waals surface area contributed by atoms with Gasteiger partial charge in [-0.05, 0) is 31.4 Å². The Morgan fingerprint density at radius 3 is 2.92 bits per heavy atom. The molecule has 1 aliphatic heterocycles. The summed E-state index contributed by atoms with van der Waals surface area (Å²) >= 11 is 0. The Hall–Kier alpha value is -2.54. The summed E-state index contributed by atoms with van der Waals surface area (Å²) in [7, 11) is 0. The summed E-state index contributed by atoms with van der Waals surface area (Å²) < 4.78 is 0. The number of nitrogens with zero attached hydrogens (tertiary/aromatic N) is 4. The third-order valence-corrected chi connectivity index (χ3v) is 4.41. The second-order valence-electron chi connectivity index (χ2n) is 6.08. The Bertz CT molecular complexity index is 720. The van der Waals surface area contributed by atoms with E-state index in [2.05, 4.69) is 19.9 Å². The monoisotopic (exact) mass is 326 g/mol. The van der Waals surface area contributed by atoms with Crippen LogP contribution in [0.1, 0.15) is 28.9 Å². The molecule has 7 nitrogen and oxygen atoms in total. The van der Waals surface area contributed by atoms with Crippen LogP contribution in [-0.2, 0) is 6.42 Å². The zero-order valence-corrected chi connectivity index (χ0v) is 13.6. The van der Waals surface area contributed by atoms with Crippen LogP contribution in [0, 0.1) is 5.92 Å². The van der Waals surface area contributed by atoms with Crippen LogP contribution >= 0.6 is 0 Å². The molecule has 0 saturated carbocycles. The first-order chi connectivity index (χ1) is 11.7.